The number of carbonyl (C=O) groups is 1. The van der Waals surface area contributed by atoms with Gasteiger partial charge >= 0.3 is 5.97 Å². The molecule has 0 amide bonds. The van der Waals surface area contributed by atoms with Crippen LogP contribution in [-0.4, -0.2) is 87.1 Å². The van der Waals surface area contributed by atoms with Gasteiger partial charge in [-0.15, -0.1) is 10.2 Å². The standard InChI is InChI=1S/C45H57N9O4S/c1-27-31-10-9-17-54(39(31)53-52-38(27)51-41-49-34-11-5-6-12-35(34)59-41)36-14-13-32(37(50-36)40(56)57)33(23-46)28(2)48-24-30-21-43(4)26-44(58-19-16-47-15-7-8-18-55)25-42(3)20-29(30)22-45(42,43)44/h5-6,11-14,23,29-30,47,55H,7-10,15-22,24-26,46H2,1-4H3,(H,56,57)(H,49,51,52). The molecule has 0 saturated heterocycles. The number of aliphatic hydroxyl groups excluding tert-OH is 1. The van der Waals surface area contributed by atoms with Crippen LogP contribution in [0.4, 0.5) is 22.6 Å². The lowest BCUT2D eigenvalue weighted by atomic mass is 9.24. The van der Waals surface area contributed by atoms with E-state index in [1.165, 1.54) is 19.0 Å². The lowest BCUT2D eigenvalue weighted by Crippen LogP contribution is -2.83. The van der Waals surface area contributed by atoms with E-state index in [2.05, 4.69) is 34.7 Å². The largest absolute Gasteiger partial charge is 0.476 e. The highest BCUT2D eigenvalue weighted by Gasteiger charge is 2.89. The van der Waals surface area contributed by atoms with Gasteiger partial charge in [-0.1, -0.05) is 37.3 Å². The number of hydrogen-bond donors (Lipinski definition) is 5. The van der Waals surface area contributed by atoms with Crippen LogP contribution in [-0.2, 0) is 11.2 Å². The van der Waals surface area contributed by atoms with Gasteiger partial charge in [0.05, 0.1) is 22.4 Å². The van der Waals surface area contributed by atoms with E-state index in [1.54, 1.807) is 17.4 Å². The maximum Gasteiger partial charge on any atom is 0.355 e. The van der Waals surface area contributed by atoms with Gasteiger partial charge in [-0.25, -0.2) is 14.8 Å². The first kappa shape index (κ1) is 39.9. The molecular weight excluding hydrogens is 763 g/mol. The number of unbranched alkanes of at least 4 members (excludes halogenated alkanes) is 1. The van der Waals surface area contributed by atoms with Crippen LogP contribution >= 0.6 is 11.3 Å². The van der Waals surface area contributed by atoms with Crippen LogP contribution in [0.25, 0.3) is 15.8 Å². The zero-order valence-corrected chi connectivity index (χ0v) is 35.5. The molecule has 4 heterocycles. The number of nitrogens with zero attached hydrogens (tertiary/aromatic N) is 6. The maximum atomic E-state index is 12.9. The van der Waals surface area contributed by atoms with E-state index < -0.39 is 5.97 Å². The lowest BCUT2D eigenvalue weighted by molar-refractivity contribution is -0.404. The molecule has 1 aliphatic heterocycles. The number of pyridine rings is 1. The van der Waals surface area contributed by atoms with Crippen molar-refractivity contribution in [3.8, 4) is 0 Å². The molecule has 1 aromatic carbocycles. The first-order valence-electron chi connectivity index (χ1n) is 21.4. The van der Waals surface area contributed by atoms with Crippen molar-refractivity contribution in [1.29, 1.82) is 0 Å². The summed E-state index contributed by atoms with van der Waals surface area (Å²) >= 11 is 1.57. The van der Waals surface area contributed by atoms with Crippen LogP contribution in [0.3, 0.4) is 0 Å². The van der Waals surface area contributed by atoms with Gasteiger partial charge in [-0.05, 0) is 125 Å². The summed E-state index contributed by atoms with van der Waals surface area (Å²) in [5.41, 5.74) is 11.7. The first-order valence-corrected chi connectivity index (χ1v) is 22.2. The number of allylic oxidation sites excluding steroid dienone is 1. The average molecular weight is 820 g/mol. The second kappa shape index (κ2) is 15.2. The van der Waals surface area contributed by atoms with E-state index >= 15 is 0 Å². The molecule has 6 atom stereocenters. The third-order valence-corrected chi connectivity index (χ3v) is 15.9. The number of carboxylic acids is 1. The number of aromatic carboxylic acids is 1. The molecule has 4 saturated carbocycles. The number of para-hydroxylation sites is 1. The number of aliphatic hydroxyl groups is 1. The Balaban J connectivity index is 0.891. The van der Waals surface area contributed by atoms with Crippen molar-refractivity contribution in [1.82, 2.24) is 25.5 Å². The Morgan fingerprint density at radius 1 is 1.08 bits per heavy atom. The molecule has 9 rings (SSSR count). The molecule has 4 aliphatic carbocycles. The quantitative estimate of drug-likeness (QED) is 0.0558. The zero-order chi connectivity index (χ0) is 41.2. The monoisotopic (exact) mass is 819 g/mol. The lowest BCUT2D eigenvalue weighted by Gasteiger charge is -2.83. The second-order valence-electron chi connectivity index (χ2n) is 18.3. The Hall–Kier alpha value is -4.50. The number of nitrogens with one attached hydrogen (secondary N) is 2. The fourth-order valence-corrected chi connectivity index (χ4v) is 13.6. The van der Waals surface area contributed by atoms with Gasteiger partial charge in [0.2, 0.25) is 0 Å². The number of aromatic nitrogens is 4. The van der Waals surface area contributed by atoms with Crippen LogP contribution < -0.4 is 21.3 Å². The van der Waals surface area contributed by atoms with E-state index in [0.29, 0.717) is 58.9 Å². The number of ether oxygens (including phenoxy) is 1. The molecule has 2 bridgehead atoms. The van der Waals surface area contributed by atoms with Gasteiger partial charge in [0.15, 0.2) is 22.5 Å². The van der Waals surface area contributed by atoms with Gasteiger partial charge < -0.3 is 36.2 Å². The van der Waals surface area contributed by atoms with Crippen LogP contribution in [0.2, 0.25) is 0 Å². The van der Waals surface area contributed by atoms with Crippen molar-refractivity contribution < 1.29 is 19.7 Å². The fourth-order valence-electron chi connectivity index (χ4n) is 12.8. The number of hydrogen-bond acceptors (Lipinski definition) is 13. The zero-order valence-electron chi connectivity index (χ0n) is 34.7. The Labute approximate surface area is 350 Å². The summed E-state index contributed by atoms with van der Waals surface area (Å²) in [5, 5.41) is 36.4. The molecule has 6 unspecified atom stereocenters. The number of fused-ring (bicyclic) bond motifs is 3. The molecule has 4 fully saturated rings. The Kier molecular flexibility index (Phi) is 10.3. The summed E-state index contributed by atoms with van der Waals surface area (Å²) in [6.45, 7) is 13.0. The third-order valence-electron chi connectivity index (χ3n) is 14.9. The molecular formula is C45H57N9O4S. The molecule has 13 nitrogen and oxygen atoms in total. The summed E-state index contributed by atoms with van der Waals surface area (Å²) in [7, 11) is 0. The van der Waals surface area contributed by atoms with Crippen LogP contribution in [0.15, 0.2) is 47.6 Å². The molecule has 3 aromatic heterocycles. The van der Waals surface area contributed by atoms with E-state index in [0.717, 1.165) is 96.8 Å². The van der Waals surface area contributed by atoms with Crippen molar-refractivity contribution in [2.45, 2.75) is 91.1 Å². The van der Waals surface area contributed by atoms with E-state index in [1.807, 2.05) is 49.1 Å². The SMILES string of the molecule is CC(=NCC1CC2(C)CC3(OCCNCCCCO)CC4(C)CC1CC243)C(=CN)c1ccc(N2CCCc3c2nnc(Nc2nc4ccccc4s2)c3C)nc1C(=O)O. The molecule has 312 valence electrons. The highest BCUT2D eigenvalue weighted by atomic mass is 32.1. The van der Waals surface area contributed by atoms with E-state index in [9.17, 15) is 9.90 Å². The minimum Gasteiger partial charge on any atom is -0.476 e. The van der Waals surface area contributed by atoms with Gasteiger partial charge in [0.1, 0.15) is 5.82 Å². The number of aliphatic imine (C=N–C) groups is 1. The average Bonchev–Trinajstić information content (AvgIpc) is 3.77. The first-order chi connectivity index (χ1) is 28.5. The number of thiazole rings is 1. The molecule has 6 N–H and O–H groups in total. The molecule has 5 aliphatic rings. The Bertz CT molecular complexity index is 2320. The van der Waals surface area contributed by atoms with E-state index in [-0.39, 0.29) is 28.7 Å². The van der Waals surface area contributed by atoms with Crippen molar-refractivity contribution in [2.75, 3.05) is 49.6 Å². The smallest absolute Gasteiger partial charge is 0.355 e. The van der Waals surface area contributed by atoms with Gasteiger partial charge in [0, 0.05) is 65.8 Å². The number of benzene rings is 1. The third kappa shape index (κ3) is 6.35. The molecule has 1 spiro atoms. The summed E-state index contributed by atoms with van der Waals surface area (Å²) < 4.78 is 7.89. The molecule has 14 heteroatoms. The van der Waals surface area contributed by atoms with Crippen molar-refractivity contribution in [3.63, 3.8) is 0 Å². The summed E-state index contributed by atoms with van der Waals surface area (Å²) in [6, 6.07) is 11.7. The molecule has 0 radical (unpaired) electrons. The second-order valence-corrected chi connectivity index (χ2v) is 19.3. The number of anilines is 4. The van der Waals surface area contributed by atoms with Crippen molar-refractivity contribution >= 4 is 61.4 Å². The van der Waals surface area contributed by atoms with Gasteiger partial charge in [0.25, 0.3) is 0 Å². The number of carboxylic acid groups (broad SMARTS) is 1. The summed E-state index contributed by atoms with van der Waals surface area (Å²) in [4.78, 5) is 29.4. The van der Waals surface area contributed by atoms with E-state index in [4.69, 9.17) is 30.5 Å². The highest BCUT2D eigenvalue weighted by Crippen LogP contribution is 2.91. The maximum absolute atomic E-state index is 12.9. The van der Waals surface area contributed by atoms with Crippen LogP contribution in [0.1, 0.15) is 99.3 Å². The van der Waals surface area contributed by atoms with Crippen molar-refractivity contribution in [2.24, 2.45) is 38.8 Å². The van der Waals surface area contributed by atoms with Crippen LogP contribution in [0.5, 0.6) is 0 Å². The Morgan fingerprint density at radius 2 is 1.90 bits per heavy atom. The minimum absolute atomic E-state index is 0.00363. The minimum atomic E-state index is -1.13. The summed E-state index contributed by atoms with van der Waals surface area (Å²) in [6.07, 6.45) is 10.8. The van der Waals surface area contributed by atoms with Crippen LogP contribution in [0, 0.1) is 35.0 Å². The van der Waals surface area contributed by atoms with Gasteiger partial charge in [-0.3, -0.25) is 4.99 Å². The topological polar surface area (TPSA) is 184 Å². The Morgan fingerprint density at radius 3 is 2.68 bits per heavy atom. The highest BCUT2D eigenvalue weighted by molar-refractivity contribution is 7.22. The summed E-state index contributed by atoms with van der Waals surface area (Å²) in [5.74, 6) is 1.75. The molecule has 4 aromatic rings. The predicted molar refractivity (Wildman–Crippen MR) is 233 cm³/mol. The van der Waals surface area contributed by atoms with Crippen molar-refractivity contribution in [3.05, 3.63) is 65.0 Å². The normalized spacial score (nSPS) is 29.5. The fraction of sp³-hybridized carbons (Fsp3) is 0.556. The molecule has 59 heavy (non-hydrogen) atoms. The van der Waals surface area contributed by atoms with Gasteiger partial charge in [-0.2, -0.15) is 0 Å². The predicted octanol–water partition coefficient (Wildman–Crippen LogP) is 7.43. The number of nitrogens with two attached hydrogens (primary N) is 1. The number of rotatable bonds is 16.